The first-order valence-electron chi connectivity index (χ1n) is 7.11. The second kappa shape index (κ2) is 7.17. The highest BCUT2D eigenvalue weighted by Crippen LogP contribution is 2.15. The Labute approximate surface area is 123 Å². The first-order valence-corrected chi connectivity index (χ1v) is 7.11. The summed E-state index contributed by atoms with van der Waals surface area (Å²) in [5.41, 5.74) is 0.379. The van der Waals surface area contributed by atoms with Gasteiger partial charge in [-0.15, -0.1) is 0 Å². The van der Waals surface area contributed by atoms with Gasteiger partial charge in [-0.3, -0.25) is 9.59 Å². The average Bonchev–Trinajstić information content (AvgIpc) is 2.45. The molecule has 1 aliphatic heterocycles. The maximum absolute atomic E-state index is 13.0. The molecule has 1 saturated heterocycles. The first kappa shape index (κ1) is 15.4. The zero-order valence-electron chi connectivity index (χ0n) is 12.0. The van der Waals surface area contributed by atoms with Crippen LogP contribution in [0, 0.1) is 11.7 Å². The summed E-state index contributed by atoms with van der Waals surface area (Å²) in [5, 5.41) is 8.45. The molecule has 0 radical (unpaired) electrons. The Kier molecular flexibility index (Phi) is 5.27. The molecule has 0 unspecified atom stereocenters. The largest absolute Gasteiger partial charge is 0.347 e. The highest BCUT2D eigenvalue weighted by Gasteiger charge is 2.24. The van der Waals surface area contributed by atoms with Crippen molar-refractivity contribution >= 4 is 17.5 Å². The van der Waals surface area contributed by atoms with Crippen molar-refractivity contribution in [3.05, 3.63) is 30.1 Å². The summed E-state index contributed by atoms with van der Waals surface area (Å²) < 4.78 is 13.0. The number of hydrogen-bond donors (Lipinski definition) is 3. The molecule has 1 heterocycles. The number of rotatable bonds is 4. The summed E-state index contributed by atoms with van der Waals surface area (Å²) in [5.74, 6) is -0.933. The molecule has 0 bridgehead atoms. The van der Waals surface area contributed by atoms with Crippen molar-refractivity contribution in [2.75, 3.05) is 18.4 Å². The number of piperidine rings is 1. The zero-order chi connectivity index (χ0) is 15.2. The Balaban J connectivity index is 1.77. The molecule has 1 aromatic carbocycles. The number of carbonyl (C=O) groups excluding carboxylic acids is 2. The van der Waals surface area contributed by atoms with Crippen LogP contribution in [0.4, 0.5) is 10.1 Å². The van der Waals surface area contributed by atoms with Crippen LogP contribution in [0.1, 0.15) is 19.8 Å². The summed E-state index contributed by atoms with van der Waals surface area (Å²) in [7, 11) is 0. The zero-order valence-corrected chi connectivity index (χ0v) is 12.0. The van der Waals surface area contributed by atoms with E-state index in [4.69, 9.17) is 0 Å². The second-order valence-electron chi connectivity index (χ2n) is 5.35. The minimum absolute atomic E-state index is 0.0526. The van der Waals surface area contributed by atoms with Crippen LogP contribution in [0.5, 0.6) is 0 Å². The maximum Gasteiger partial charge on any atom is 0.243 e. The number of carbonyl (C=O) groups is 2. The van der Waals surface area contributed by atoms with E-state index in [1.165, 1.54) is 18.2 Å². The molecule has 0 spiro atoms. The van der Waals surface area contributed by atoms with Gasteiger partial charge in [-0.2, -0.15) is 0 Å². The van der Waals surface area contributed by atoms with Gasteiger partial charge in [0.05, 0.1) is 6.54 Å². The predicted octanol–water partition coefficient (Wildman–Crippen LogP) is 1.27. The molecular formula is C15H20FN3O2. The maximum atomic E-state index is 13.0. The number of halogens is 1. The quantitative estimate of drug-likeness (QED) is 0.783. The lowest BCUT2D eigenvalue weighted by Crippen LogP contribution is -2.44. The molecular weight excluding hydrogens is 273 g/mol. The third-order valence-electron chi connectivity index (χ3n) is 3.53. The Morgan fingerprint density at radius 2 is 2.24 bits per heavy atom. The van der Waals surface area contributed by atoms with Crippen LogP contribution >= 0.6 is 0 Å². The molecule has 5 nitrogen and oxygen atoms in total. The summed E-state index contributed by atoms with van der Waals surface area (Å²) in [6, 6.07) is 5.96. The van der Waals surface area contributed by atoms with Gasteiger partial charge in [0.25, 0.3) is 0 Å². The molecule has 21 heavy (non-hydrogen) atoms. The average molecular weight is 293 g/mol. The third kappa shape index (κ3) is 4.82. The van der Waals surface area contributed by atoms with E-state index in [0.717, 1.165) is 19.4 Å². The van der Waals surface area contributed by atoms with Gasteiger partial charge in [-0.1, -0.05) is 6.07 Å². The number of anilines is 1. The monoisotopic (exact) mass is 293 g/mol. The number of benzene rings is 1. The van der Waals surface area contributed by atoms with E-state index < -0.39 is 5.82 Å². The highest BCUT2D eigenvalue weighted by molar-refractivity contribution is 5.94. The van der Waals surface area contributed by atoms with E-state index in [2.05, 4.69) is 16.0 Å². The second-order valence-corrected chi connectivity index (χ2v) is 5.35. The van der Waals surface area contributed by atoms with E-state index >= 15 is 0 Å². The topological polar surface area (TPSA) is 70.2 Å². The van der Waals surface area contributed by atoms with E-state index in [-0.39, 0.29) is 24.3 Å². The first-order chi connectivity index (χ1) is 10.0. The van der Waals surface area contributed by atoms with Crippen molar-refractivity contribution in [3.8, 4) is 0 Å². The molecule has 114 valence electrons. The van der Waals surface area contributed by atoms with Crippen LogP contribution in [0.25, 0.3) is 0 Å². The van der Waals surface area contributed by atoms with Crippen molar-refractivity contribution in [2.24, 2.45) is 5.92 Å². The predicted molar refractivity (Wildman–Crippen MR) is 78.2 cm³/mol. The van der Waals surface area contributed by atoms with Crippen LogP contribution in [-0.4, -0.2) is 30.9 Å². The Morgan fingerprint density at radius 3 is 2.95 bits per heavy atom. The number of amides is 2. The van der Waals surface area contributed by atoms with E-state index in [0.29, 0.717) is 11.7 Å². The van der Waals surface area contributed by atoms with Crippen LogP contribution in [0.15, 0.2) is 24.3 Å². The highest BCUT2D eigenvalue weighted by atomic mass is 19.1. The molecule has 0 aliphatic carbocycles. The lowest BCUT2D eigenvalue weighted by atomic mass is 9.92. The molecule has 0 saturated carbocycles. The van der Waals surface area contributed by atoms with E-state index in [9.17, 15) is 14.0 Å². The molecule has 1 aliphatic rings. The van der Waals surface area contributed by atoms with Gasteiger partial charge in [-0.05, 0) is 44.5 Å². The summed E-state index contributed by atoms with van der Waals surface area (Å²) in [4.78, 5) is 23.7. The minimum Gasteiger partial charge on any atom is -0.347 e. The van der Waals surface area contributed by atoms with Gasteiger partial charge in [0.2, 0.25) is 11.8 Å². The van der Waals surface area contributed by atoms with Crippen molar-refractivity contribution < 1.29 is 14.0 Å². The SMILES string of the molecule is C[C@H]1C[C@@H](C(=O)NCC(=O)Nc2cccc(F)c2)CCN1. The van der Waals surface area contributed by atoms with Gasteiger partial charge in [0.1, 0.15) is 5.82 Å². The number of hydrogen-bond acceptors (Lipinski definition) is 3. The summed E-state index contributed by atoms with van der Waals surface area (Å²) in [6.45, 7) is 2.75. The van der Waals surface area contributed by atoms with Crippen LogP contribution in [-0.2, 0) is 9.59 Å². The lowest BCUT2D eigenvalue weighted by molar-refractivity contribution is -0.128. The van der Waals surface area contributed by atoms with Gasteiger partial charge < -0.3 is 16.0 Å². The van der Waals surface area contributed by atoms with Crippen LogP contribution in [0.2, 0.25) is 0 Å². The van der Waals surface area contributed by atoms with Gasteiger partial charge in [-0.25, -0.2) is 4.39 Å². The van der Waals surface area contributed by atoms with Crippen molar-refractivity contribution in [3.63, 3.8) is 0 Å². The molecule has 2 amide bonds. The molecule has 6 heteroatoms. The molecule has 1 fully saturated rings. The van der Waals surface area contributed by atoms with Crippen molar-refractivity contribution in [1.29, 1.82) is 0 Å². The van der Waals surface area contributed by atoms with E-state index in [1.807, 2.05) is 6.92 Å². The summed E-state index contributed by atoms with van der Waals surface area (Å²) in [6.07, 6.45) is 1.55. The molecule has 2 rings (SSSR count). The Hall–Kier alpha value is -1.95. The molecule has 2 atom stereocenters. The van der Waals surface area contributed by atoms with Crippen molar-refractivity contribution in [2.45, 2.75) is 25.8 Å². The lowest BCUT2D eigenvalue weighted by Gasteiger charge is -2.26. The van der Waals surface area contributed by atoms with Crippen LogP contribution < -0.4 is 16.0 Å². The van der Waals surface area contributed by atoms with Gasteiger partial charge in [0.15, 0.2) is 0 Å². The Bertz CT molecular complexity index is 521. The van der Waals surface area contributed by atoms with Gasteiger partial charge >= 0.3 is 0 Å². The normalized spacial score (nSPS) is 21.6. The fourth-order valence-electron chi connectivity index (χ4n) is 2.45. The van der Waals surface area contributed by atoms with Gasteiger partial charge in [0, 0.05) is 17.6 Å². The van der Waals surface area contributed by atoms with Crippen LogP contribution in [0.3, 0.4) is 0 Å². The summed E-state index contributed by atoms with van der Waals surface area (Å²) >= 11 is 0. The molecule has 1 aromatic rings. The van der Waals surface area contributed by atoms with Crippen molar-refractivity contribution in [1.82, 2.24) is 10.6 Å². The smallest absolute Gasteiger partial charge is 0.243 e. The fourth-order valence-corrected chi connectivity index (χ4v) is 2.45. The molecule has 0 aromatic heterocycles. The number of nitrogens with one attached hydrogen (secondary N) is 3. The Morgan fingerprint density at radius 1 is 1.43 bits per heavy atom. The standard InChI is InChI=1S/C15H20FN3O2/c1-10-7-11(5-6-17-10)15(21)18-9-14(20)19-13-4-2-3-12(16)8-13/h2-4,8,10-11,17H,5-7,9H2,1H3,(H,18,21)(H,19,20)/t10-,11-/m0/s1. The fraction of sp³-hybridized carbons (Fsp3) is 0.467. The minimum atomic E-state index is -0.416. The third-order valence-corrected chi connectivity index (χ3v) is 3.53. The van der Waals surface area contributed by atoms with E-state index in [1.54, 1.807) is 6.07 Å². The molecule has 3 N–H and O–H groups in total.